The molecule has 0 aliphatic rings. The summed E-state index contributed by atoms with van der Waals surface area (Å²) in [6, 6.07) is 0. The second-order valence-corrected chi connectivity index (χ2v) is 24.0. The fraction of sp³-hybridized carbons (Fsp3) is 0.727. The van der Waals surface area contributed by atoms with Gasteiger partial charge in [0.25, 0.3) is 0 Å². The van der Waals surface area contributed by atoms with E-state index in [0.717, 1.165) is 0 Å². The molecule has 0 radical (unpaired) electrons. The Morgan fingerprint density at radius 1 is 0.281 bits per heavy atom. The zero-order valence-corrected chi connectivity index (χ0v) is 40.2. The highest BCUT2D eigenvalue weighted by Crippen LogP contribution is 2.63. The van der Waals surface area contributed by atoms with Gasteiger partial charge >= 0.3 is 0 Å². The summed E-state index contributed by atoms with van der Waals surface area (Å²) in [6.45, 7) is 41.8. The summed E-state index contributed by atoms with van der Waals surface area (Å²) >= 11 is 0. The lowest BCUT2D eigenvalue weighted by atomic mass is 10.1. The van der Waals surface area contributed by atoms with Crippen LogP contribution in [0.5, 0.6) is 57.5 Å². The van der Waals surface area contributed by atoms with Crippen LogP contribution in [0.2, 0.25) is 0 Å². The fourth-order valence-electron chi connectivity index (χ4n) is 5.04. The summed E-state index contributed by atoms with van der Waals surface area (Å²) in [5, 5.41) is 24.4. The van der Waals surface area contributed by atoms with Crippen LogP contribution in [0.15, 0.2) is 9.79 Å². The van der Waals surface area contributed by atoms with Crippen molar-refractivity contribution < 1.29 is 56.5 Å². The van der Waals surface area contributed by atoms with Gasteiger partial charge in [-0.25, -0.2) is 8.42 Å². The third-order valence-corrected chi connectivity index (χ3v) is 8.13. The van der Waals surface area contributed by atoms with Crippen LogP contribution in [-0.4, -0.2) is 63.4 Å². The van der Waals surface area contributed by atoms with Crippen LogP contribution in [0.1, 0.15) is 166 Å². The Hall–Kier alpha value is -3.61. The van der Waals surface area contributed by atoms with E-state index in [1.165, 1.54) is 0 Å². The number of aromatic hydroxyl groups is 2. The van der Waals surface area contributed by atoms with Gasteiger partial charge in [0.15, 0.2) is 32.8 Å². The van der Waals surface area contributed by atoms with Crippen LogP contribution in [0.3, 0.4) is 0 Å². The predicted molar refractivity (Wildman–Crippen MR) is 225 cm³/mol. The maximum absolute atomic E-state index is 16.4. The topological polar surface area (TPSA) is 148 Å². The highest BCUT2D eigenvalue weighted by Gasteiger charge is 2.47. The third kappa shape index (κ3) is 14.3. The first kappa shape index (κ1) is 49.5. The van der Waals surface area contributed by atoms with Crippen LogP contribution in [0, 0.1) is 0 Å². The van der Waals surface area contributed by atoms with Gasteiger partial charge in [-0.1, -0.05) is 0 Å². The molecule has 0 aromatic heterocycles. The molecule has 2 rings (SSSR count). The van der Waals surface area contributed by atoms with Gasteiger partial charge in [-0.3, -0.25) is 0 Å². The maximum Gasteiger partial charge on any atom is 0.221 e. The van der Waals surface area contributed by atoms with Crippen LogP contribution >= 0.6 is 0 Å². The molecule has 0 aliphatic heterocycles. The smallest absolute Gasteiger partial charge is 0.221 e. The summed E-state index contributed by atoms with van der Waals surface area (Å²) in [5.41, 5.74) is -8.20. The average Bonchev–Trinajstić information content (AvgIpc) is 2.87. The Balaban J connectivity index is 3.82. The Kier molecular flexibility index (Phi) is 13.5. The van der Waals surface area contributed by atoms with Crippen LogP contribution < -0.4 is 37.9 Å². The average molecular weight is 827 g/mol. The number of hydrogen-bond donors (Lipinski definition) is 2. The van der Waals surface area contributed by atoms with Gasteiger partial charge in [0, 0.05) is 0 Å². The Morgan fingerprint density at radius 2 is 0.404 bits per heavy atom. The van der Waals surface area contributed by atoms with E-state index in [0.29, 0.717) is 0 Å². The fourth-order valence-corrected chi connectivity index (χ4v) is 6.76. The predicted octanol–water partition coefficient (Wildman–Crippen LogP) is 11.3. The lowest BCUT2D eigenvalue weighted by Gasteiger charge is -2.36. The highest BCUT2D eigenvalue weighted by atomic mass is 32.2. The molecule has 2 aromatic rings. The van der Waals surface area contributed by atoms with Gasteiger partial charge in [-0.2, -0.15) is 0 Å². The van der Waals surface area contributed by atoms with Crippen molar-refractivity contribution in [3.63, 3.8) is 0 Å². The molecule has 0 saturated carbocycles. The number of ether oxygens (including phenoxy) is 8. The Bertz CT molecular complexity index is 1630. The van der Waals surface area contributed by atoms with Crippen molar-refractivity contribution in [3.8, 4) is 57.5 Å². The number of benzene rings is 2. The normalized spacial score (nSPS) is 13.9. The minimum atomic E-state index is -5.14. The summed E-state index contributed by atoms with van der Waals surface area (Å²) in [7, 11) is -5.14. The summed E-state index contributed by atoms with van der Waals surface area (Å²) in [4.78, 5) is -1.12. The molecule has 0 unspecified atom stereocenters. The van der Waals surface area contributed by atoms with Crippen LogP contribution in [0.25, 0.3) is 0 Å². The minimum Gasteiger partial charge on any atom is -0.501 e. The first-order chi connectivity index (χ1) is 24.8. The summed E-state index contributed by atoms with van der Waals surface area (Å²) in [6.07, 6.45) is 0. The monoisotopic (exact) mass is 826 g/mol. The van der Waals surface area contributed by atoms with Gasteiger partial charge in [0.1, 0.15) is 44.8 Å². The largest absolute Gasteiger partial charge is 0.501 e. The molecule has 13 heteroatoms. The molecule has 2 aromatic carbocycles. The molecular formula is C44H74O12S. The molecule has 0 amide bonds. The van der Waals surface area contributed by atoms with E-state index in [1.807, 2.05) is 0 Å². The lowest BCUT2D eigenvalue weighted by molar-refractivity contribution is 0.0685. The number of phenolic OH excluding ortho intramolecular Hbond substituents is 2. The van der Waals surface area contributed by atoms with E-state index in [4.69, 9.17) is 37.9 Å². The second kappa shape index (κ2) is 15.5. The van der Waals surface area contributed by atoms with Crippen LogP contribution in [0.4, 0.5) is 0 Å². The number of sulfone groups is 1. The highest BCUT2D eigenvalue weighted by molar-refractivity contribution is 7.92. The van der Waals surface area contributed by atoms with E-state index in [1.54, 1.807) is 166 Å². The maximum atomic E-state index is 16.4. The number of phenols is 2. The van der Waals surface area contributed by atoms with Gasteiger partial charge in [-0.15, -0.1) is 0 Å². The number of rotatable bonds is 10. The van der Waals surface area contributed by atoms with Crippen molar-refractivity contribution in [2.75, 3.05) is 0 Å². The molecule has 0 aliphatic carbocycles. The SMILES string of the molecule is CC(C)(C)Oc1c(O)c(OC(C)(C)C)c(OC(C)(C)C)c(S(=O)(=O)c2c(OC(C)(C)C)c(OC(C)(C)C)c(O)c(OC(C)(C)C)c2OC(C)(C)C)c1OC(C)(C)C. The molecule has 0 saturated heterocycles. The van der Waals surface area contributed by atoms with E-state index in [9.17, 15) is 10.2 Å². The molecule has 0 spiro atoms. The van der Waals surface area contributed by atoms with Gasteiger partial charge in [-0.05, 0) is 166 Å². The first-order valence-electron chi connectivity index (χ1n) is 19.5. The third-order valence-electron chi connectivity index (χ3n) is 6.31. The van der Waals surface area contributed by atoms with E-state index < -0.39 is 75.9 Å². The molecule has 0 atom stereocenters. The molecule has 57 heavy (non-hydrogen) atoms. The zero-order chi connectivity index (χ0) is 45.1. The molecule has 2 N–H and O–H groups in total. The molecule has 12 nitrogen and oxygen atoms in total. The second-order valence-electron chi connectivity index (χ2n) is 22.2. The van der Waals surface area contributed by atoms with E-state index in [-0.39, 0.29) is 46.0 Å². The van der Waals surface area contributed by atoms with Gasteiger partial charge < -0.3 is 48.1 Å². The Labute approximate surface area is 343 Å². The molecule has 0 fully saturated rings. The summed E-state index contributed by atoms with van der Waals surface area (Å²) in [5.74, 6) is -3.71. The molecular weight excluding hydrogens is 753 g/mol. The minimum absolute atomic E-state index is 0.302. The van der Waals surface area contributed by atoms with E-state index in [2.05, 4.69) is 0 Å². The van der Waals surface area contributed by atoms with Gasteiger partial charge in [0.05, 0.1) is 0 Å². The van der Waals surface area contributed by atoms with Crippen molar-refractivity contribution in [1.82, 2.24) is 0 Å². The standard InChI is InChI=1S/C44H74O12S/c1-37(2,3)49-27-25(45)28(50-38(4,5)6)32(54-42(16,17)18)35(31(27)53-41(13,14)15)57(47,48)36-33(55-43(19,20)21)29(51-39(7,8)9)26(46)30(52-40(10,11)12)34(36)56-44(22,23)24/h45-46H,1-24H3. The quantitative estimate of drug-likeness (QED) is 0.235. The van der Waals surface area contributed by atoms with E-state index >= 15 is 8.42 Å². The first-order valence-corrected chi connectivity index (χ1v) is 20.9. The summed E-state index contributed by atoms with van der Waals surface area (Å²) < 4.78 is 84.8. The van der Waals surface area contributed by atoms with Crippen molar-refractivity contribution >= 4 is 9.84 Å². The van der Waals surface area contributed by atoms with Crippen molar-refractivity contribution in [2.45, 2.75) is 221 Å². The Morgan fingerprint density at radius 3 is 0.526 bits per heavy atom. The molecule has 0 heterocycles. The molecule has 328 valence electrons. The van der Waals surface area contributed by atoms with Crippen molar-refractivity contribution in [2.24, 2.45) is 0 Å². The van der Waals surface area contributed by atoms with Crippen LogP contribution in [-0.2, 0) is 9.84 Å². The number of hydrogen-bond acceptors (Lipinski definition) is 12. The van der Waals surface area contributed by atoms with Crippen molar-refractivity contribution in [1.29, 1.82) is 0 Å². The lowest BCUT2D eigenvalue weighted by Crippen LogP contribution is -2.32. The van der Waals surface area contributed by atoms with Gasteiger partial charge in [0.2, 0.25) is 44.3 Å². The zero-order valence-electron chi connectivity index (χ0n) is 39.4. The molecule has 0 bridgehead atoms. The van der Waals surface area contributed by atoms with Crippen molar-refractivity contribution in [3.05, 3.63) is 0 Å².